The minimum atomic E-state index is -3.81. The van der Waals surface area contributed by atoms with Gasteiger partial charge in [-0.05, 0) is 49.6 Å². The smallest absolute Gasteiger partial charge is 0.242 e. The van der Waals surface area contributed by atoms with Crippen molar-refractivity contribution < 1.29 is 26.8 Å². The van der Waals surface area contributed by atoms with Crippen LogP contribution in [0.4, 0.5) is 14.5 Å². The molecule has 0 saturated carbocycles. The van der Waals surface area contributed by atoms with Gasteiger partial charge < -0.3 is 10.2 Å². The zero-order chi connectivity index (χ0) is 26.9. The number of nitrogens with one attached hydrogen (secondary N) is 1. The first kappa shape index (κ1) is 29.7. The Morgan fingerprint density at radius 1 is 1.06 bits per heavy atom. The fraction of sp³-hybridized carbons (Fsp3) is 0.440. The second-order valence-electron chi connectivity index (χ2n) is 8.51. The summed E-state index contributed by atoms with van der Waals surface area (Å²) in [5, 5.41) is 2.85. The lowest BCUT2D eigenvalue weighted by atomic mass is 10.1. The number of carbonyl (C=O) groups excluding carboxylic acids is 2. The Bertz CT molecular complexity index is 1150. The van der Waals surface area contributed by atoms with Gasteiger partial charge in [-0.2, -0.15) is 0 Å². The molecule has 0 aliphatic rings. The Kier molecular flexibility index (Phi) is 11.3. The van der Waals surface area contributed by atoms with E-state index < -0.39 is 27.7 Å². The summed E-state index contributed by atoms with van der Waals surface area (Å²) in [5.74, 6) is -2.85. The molecule has 0 unspecified atom stereocenters. The van der Waals surface area contributed by atoms with E-state index in [-0.39, 0.29) is 43.4 Å². The second-order valence-corrected chi connectivity index (χ2v) is 11.3. The largest absolute Gasteiger partial charge is 0.354 e. The molecule has 1 N–H and O–H groups in total. The van der Waals surface area contributed by atoms with Crippen LogP contribution < -0.4 is 9.62 Å². The number of benzene rings is 2. The number of sulfonamides is 1. The van der Waals surface area contributed by atoms with Crippen LogP contribution in [0.3, 0.4) is 0 Å². The Hall–Kier alpha value is -2.53. The van der Waals surface area contributed by atoms with Gasteiger partial charge in [-0.25, -0.2) is 17.2 Å². The maximum absolute atomic E-state index is 13.7. The van der Waals surface area contributed by atoms with Gasteiger partial charge in [0.1, 0.15) is 6.04 Å². The van der Waals surface area contributed by atoms with Crippen molar-refractivity contribution in [2.45, 2.75) is 52.1 Å². The fourth-order valence-corrected chi connectivity index (χ4v) is 4.77. The van der Waals surface area contributed by atoms with Crippen molar-refractivity contribution in [3.63, 3.8) is 0 Å². The van der Waals surface area contributed by atoms with Gasteiger partial charge in [-0.3, -0.25) is 13.9 Å². The monoisotopic (exact) mass is 587 g/mol. The average molecular weight is 589 g/mol. The van der Waals surface area contributed by atoms with Crippen molar-refractivity contribution in [2.75, 3.05) is 23.7 Å². The molecule has 0 saturated heterocycles. The highest BCUT2D eigenvalue weighted by Crippen LogP contribution is 2.22. The van der Waals surface area contributed by atoms with E-state index in [4.69, 9.17) is 0 Å². The first-order chi connectivity index (χ1) is 16.9. The first-order valence-corrected chi connectivity index (χ1v) is 14.3. The number of rotatable bonds is 13. The number of halogens is 3. The van der Waals surface area contributed by atoms with Gasteiger partial charge in [0.2, 0.25) is 21.8 Å². The third kappa shape index (κ3) is 8.85. The summed E-state index contributed by atoms with van der Waals surface area (Å²) >= 11 is 3.38. The zero-order valence-corrected chi connectivity index (χ0v) is 23.0. The molecule has 11 heteroatoms. The van der Waals surface area contributed by atoms with Crippen molar-refractivity contribution in [2.24, 2.45) is 0 Å². The molecule has 0 bridgehead atoms. The molecular weight excluding hydrogens is 556 g/mol. The zero-order valence-electron chi connectivity index (χ0n) is 20.6. The van der Waals surface area contributed by atoms with E-state index >= 15 is 0 Å². The maximum atomic E-state index is 13.7. The number of amides is 2. The van der Waals surface area contributed by atoms with Crippen LogP contribution in [0.15, 0.2) is 46.9 Å². The van der Waals surface area contributed by atoms with Crippen LogP contribution in [0.1, 0.15) is 45.1 Å². The van der Waals surface area contributed by atoms with Crippen LogP contribution in [-0.2, 0) is 26.2 Å². The molecule has 0 spiro atoms. The van der Waals surface area contributed by atoms with Gasteiger partial charge in [0.15, 0.2) is 11.6 Å². The predicted molar refractivity (Wildman–Crippen MR) is 140 cm³/mol. The highest BCUT2D eigenvalue weighted by molar-refractivity contribution is 9.10. The van der Waals surface area contributed by atoms with E-state index in [1.54, 1.807) is 6.92 Å². The van der Waals surface area contributed by atoms with Crippen molar-refractivity contribution in [1.82, 2.24) is 10.2 Å². The Morgan fingerprint density at radius 2 is 1.72 bits per heavy atom. The molecule has 2 aromatic carbocycles. The molecule has 0 aliphatic heterocycles. The van der Waals surface area contributed by atoms with Crippen molar-refractivity contribution >= 4 is 43.5 Å². The molecule has 7 nitrogen and oxygen atoms in total. The SMILES string of the molecule is CCCCNC(=O)[C@@H](C)N(Cc1ccc(Br)cc1)C(=O)CCCN(c1ccc(F)c(F)c1)S(C)(=O)=O. The van der Waals surface area contributed by atoms with Crippen LogP contribution in [0.25, 0.3) is 0 Å². The summed E-state index contributed by atoms with van der Waals surface area (Å²) in [5.41, 5.74) is 0.804. The number of nitrogens with zero attached hydrogens (tertiary/aromatic N) is 2. The molecule has 1 atom stereocenters. The van der Waals surface area contributed by atoms with Crippen LogP contribution in [0.5, 0.6) is 0 Å². The molecule has 0 aromatic heterocycles. The topological polar surface area (TPSA) is 86.8 Å². The quantitative estimate of drug-likeness (QED) is 0.347. The van der Waals surface area contributed by atoms with Gasteiger partial charge in [-0.1, -0.05) is 41.4 Å². The van der Waals surface area contributed by atoms with E-state index in [2.05, 4.69) is 21.2 Å². The summed E-state index contributed by atoms with van der Waals surface area (Å²) in [6.07, 6.45) is 2.78. The van der Waals surface area contributed by atoms with Gasteiger partial charge in [-0.15, -0.1) is 0 Å². The van der Waals surface area contributed by atoms with Crippen molar-refractivity contribution in [1.29, 1.82) is 0 Å². The lowest BCUT2D eigenvalue weighted by Crippen LogP contribution is -2.48. The minimum absolute atomic E-state index is 0.0285. The summed E-state index contributed by atoms with van der Waals surface area (Å²) < 4.78 is 53.4. The summed E-state index contributed by atoms with van der Waals surface area (Å²) in [4.78, 5) is 27.4. The van der Waals surface area contributed by atoms with E-state index in [9.17, 15) is 26.8 Å². The van der Waals surface area contributed by atoms with Crippen LogP contribution in [0.2, 0.25) is 0 Å². The number of anilines is 1. The number of carbonyl (C=O) groups is 2. The molecule has 2 aromatic rings. The highest BCUT2D eigenvalue weighted by atomic mass is 79.9. The Balaban J connectivity index is 2.15. The number of hydrogen-bond donors (Lipinski definition) is 1. The third-order valence-corrected chi connectivity index (χ3v) is 7.33. The van der Waals surface area contributed by atoms with Crippen LogP contribution in [-0.4, -0.2) is 50.5 Å². The van der Waals surface area contributed by atoms with Crippen molar-refractivity contribution in [3.8, 4) is 0 Å². The predicted octanol–water partition coefficient (Wildman–Crippen LogP) is 4.61. The number of hydrogen-bond acceptors (Lipinski definition) is 4. The molecule has 36 heavy (non-hydrogen) atoms. The van der Waals surface area contributed by atoms with E-state index in [0.29, 0.717) is 6.54 Å². The molecule has 0 heterocycles. The Morgan fingerprint density at radius 3 is 2.31 bits per heavy atom. The van der Waals surface area contributed by atoms with E-state index in [1.807, 2.05) is 31.2 Å². The summed E-state index contributed by atoms with van der Waals surface area (Å²) in [6, 6.07) is 9.47. The van der Waals surface area contributed by atoms with Crippen LogP contribution >= 0.6 is 15.9 Å². The molecule has 0 radical (unpaired) electrons. The van der Waals surface area contributed by atoms with Gasteiger partial charge >= 0.3 is 0 Å². The lowest BCUT2D eigenvalue weighted by Gasteiger charge is -2.29. The van der Waals surface area contributed by atoms with E-state index in [1.165, 1.54) is 11.0 Å². The maximum Gasteiger partial charge on any atom is 0.242 e. The summed E-state index contributed by atoms with van der Waals surface area (Å²) in [7, 11) is -3.81. The van der Waals surface area contributed by atoms with Gasteiger partial charge in [0.25, 0.3) is 0 Å². The molecular formula is C25H32BrF2N3O4S. The number of unbranched alkanes of at least 4 members (excludes halogenated alkanes) is 1. The van der Waals surface area contributed by atoms with Crippen molar-refractivity contribution in [3.05, 3.63) is 64.1 Å². The van der Waals surface area contributed by atoms with Crippen LogP contribution in [0, 0.1) is 11.6 Å². The van der Waals surface area contributed by atoms with Gasteiger partial charge in [0.05, 0.1) is 11.9 Å². The standard InChI is InChI=1S/C25H32BrF2N3O4S/c1-4-5-14-29-25(33)18(2)30(17-19-8-10-20(26)11-9-19)24(32)7-6-15-31(36(3,34)35)21-12-13-22(27)23(28)16-21/h8-13,16,18H,4-7,14-15,17H2,1-3H3,(H,29,33)/t18-/m1/s1. The van der Waals surface area contributed by atoms with E-state index in [0.717, 1.165) is 45.6 Å². The lowest BCUT2D eigenvalue weighted by molar-refractivity contribution is -0.140. The molecule has 2 rings (SSSR count). The Labute approximate surface area is 220 Å². The van der Waals surface area contributed by atoms with Gasteiger partial charge in [0, 0.05) is 36.6 Å². The first-order valence-electron chi connectivity index (χ1n) is 11.7. The summed E-state index contributed by atoms with van der Waals surface area (Å²) in [6.45, 7) is 4.27. The molecule has 0 fully saturated rings. The third-order valence-electron chi connectivity index (χ3n) is 5.61. The average Bonchev–Trinajstić information content (AvgIpc) is 2.82. The normalized spacial score (nSPS) is 12.2. The molecule has 0 aliphatic carbocycles. The highest BCUT2D eigenvalue weighted by Gasteiger charge is 2.26. The second kappa shape index (κ2) is 13.7. The molecule has 2 amide bonds. The molecule has 198 valence electrons. The fourth-order valence-electron chi connectivity index (χ4n) is 3.55. The minimum Gasteiger partial charge on any atom is -0.354 e.